The van der Waals surface area contributed by atoms with E-state index in [2.05, 4.69) is 10.6 Å². The molecule has 0 aliphatic heterocycles. The third kappa shape index (κ3) is 6.36. The van der Waals surface area contributed by atoms with Gasteiger partial charge in [-0.15, -0.1) is 11.8 Å². The molecule has 0 aromatic heterocycles. The van der Waals surface area contributed by atoms with Crippen LogP contribution in [0.3, 0.4) is 0 Å². The molecule has 33 heavy (non-hydrogen) atoms. The Kier molecular flexibility index (Phi) is 8.10. The van der Waals surface area contributed by atoms with E-state index in [4.69, 9.17) is 10.5 Å². The van der Waals surface area contributed by atoms with Crippen molar-refractivity contribution in [2.24, 2.45) is 5.73 Å². The molecule has 0 bridgehead atoms. The smallest absolute Gasteiger partial charge is 0.255 e. The first kappa shape index (κ1) is 23.9. The van der Waals surface area contributed by atoms with Gasteiger partial charge in [0.25, 0.3) is 11.8 Å². The highest BCUT2D eigenvalue weighted by molar-refractivity contribution is 8.00. The molecule has 7 nitrogen and oxygen atoms in total. The Morgan fingerprint density at radius 1 is 0.970 bits per heavy atom. The fourth-order valence-corrected chi connectivity index (χ4v) is 4.13. The van der Waals surface area contributed by atoms with Crippen molar-refractivity contribution in [3.05, 3.63) is 83.9 Å². The number of carbonyl (C=O) groups is 3. The SMILES string of the molecule is CCC(Sc1cccc(NC(=O)c2cccc(OC)c2)c1)C(=O)Nc1ccccc1C(N)=O. The Morgan fingerprint density at radius 2 is 1.73 bits per heavy atom. The summed E-state index contributed by atoms with van der Waals surface area (Å²) in [5.41, 5.74) is 7.13. The van der Waals surface area contributed by atoms with Gasteiger partial charge in [-0.2, -0.15) is 0 Å². The van der Waals surface area contributed by atoms with Crippen LogP contribution in [0.1, 0.15) is 34.1 Å². The van der Waals surface area contributed by atoms with Crippen molar-refractivity contribution >= 4 is 40.9 Å². The summed E-state index contributed by atoms with van der Waals surface area (Å²) in [6, 6.07) is 20.8. The number of ether oxygens (including phenoxy) is 1. The number of benzene rings is 3. The predicted octanol–water partition coefficient (Wildman–Crippen LogP) is 4.56. The van der Waals surface area contributed by atoms with E-state index in [9.17, 15) is 14.4 Å². The van der Waals surface area contributed by atoms with Gasteiger partial charge in [0.2, 0.25) is 5.91 Å². The summed E-state index contributed by atoms with van der Waals surface area (Å²) in [6.45, 7) is 1.91. The maximum atomic E-state index is 12.9. The van der Waals surface area contributed by atoms with Crippen LogP contribution >= 0.6 is 11.8 Å². The lowest BCUT2D eigenvalue weighted by Gasteiger charge is -2.16. The van der Waals surface area contributed by atoms with Gasteiger partial charge in [-0.05, 0) is 55.0 Å². The fourth-order valence-electron chi connectivity index (χ4n) is 3.12. The first-order valence-corrected chi connectivity index (χ1v) is 11.2. The highest BCUT2D eigenvalue weighted by Crippen LogP contribution is 2.29. The zero-order valence-electron chi connectivity index (χ0n) is 18.3. The van der Waals surface area contributed by atoms with Gasteiger partial charge in [-0.3, -0.25) is 14.4 Å². The summed E-state index contributed by atoms with van der Waals surface area (Å²) in [7, 11) is 1.55. The van der Waals surface area contributed by atoms with Crippen molar-refractivity contribution < 1.29 is 19.1 Å². The Bertz CT molecular complexity index is 1170. The van der Waals surface area contributed by atoms with Crippen molar-refractivity contribution in [3.63, 3.8) is 0 Å². The van der Waals surface area contributed by atoms with Crippen molar-refractivity contribution in [1.82, 2.24) is 0 Å². The Labute approximate surface area is 196 Å². The molecular formula is C25H25N3O4S. The molecule has 0 fully saturated rings. The molecule has 3 rings (SSSR count). The summed E-state index contributed by atoms with van der Waals surface area (Å²) >= 11 is 1.37. The Hall–Kier alpha value is -3.78. The summed E-state index contributed by atoms with van der Waals surface area (Å²) in [6.07, 6.45) is 0.565. The number of primary amides is 1. The molecule has 0 heterocycles. The molecular weight excluding hydrogens is 438 g/mol. The van der Waals surface area contributed by atoms with Gasteiger partial charge in [0.15, 0.2) is 0 Å². The minimum absolute atomic E-state index is 0.234. The third-order valence-corrected chi connectivity index (χ3v) is 6.17. The lowest BCUT2D eigenvalue weighted by molar-refractivity contribution is -0.115. The maximum Gasteiger partial charge on any atom is 0.255 e. The lowest BCUT2D eigenvalue weighted by atomic mass is 10.1. The molecule has 1 unspecified atom stereocenters. The molecule has 0 spiro atoms. The van der Waals surface area contributed by atoms with Crippen LogP contribution in [0, 0.1) is 0 Å². The highest BCUT2D eigenvalue weighted by Gasteiger charge is 2.20. The Morgan fingerprint density at radius 3 is 2.45 bits per heavy atom. The molecule has 4 N–H and O–H groups in total. The van der Waals surface area contributed by atoms with E-state index >= 15 is 0 Å². The van der Waals surface area contributed by atoms with E-state index in [0.29, 0.717) is 29.1 Å². The molecule has 0 radical (unpaired) electrons. The molecule has 0 saturated carbocycles. The van der Waals surface area contributed by atoms with Crippen molar-refractivity contribution in [3.8, 4) is 5.75 Å². The molecule has 8 heteroatoms. The molecule has 0 saturated heterocycles. The van der Waals surface area contributed by atoms with Gasteiger partial charge < -0.3 is 21.1 Å². The second-order valence-electron chi connectivity index (χ2n) is 7.13. The van der Waals surface area contributed by atoms with Crippen LogP contribution in [0.15, 0.2) is 77.7 Å². The van der Waals surface area contributed by atoms with Crippen LogP contribution in [0.5, 0.6) is 5.75 Å². The number of nitrogens with two attached hydrogens (primary N) is 1. The summed E-state index contributed by atoms with van der Waals surface area (Å²) in [5.74, 6) is -0.501. The molecule has 0 aliphatic rings. The van der Waals surface area contributed by atoms with Crippen LogP contribution in [-0.2, 0) is 4.79 Å². The van der Waals surface area contributed by atoms with E-state index in [-0.39, 0.29) is 17.4 Å². The Balaban J connectivity index is 1.69. The molecule has 3 amide bonds. The third-order valence-electron chi connectivity index (χ3n) is 4.82. The minimum atomic E-state index is -0.605. The molecule has 3 aromatic carbocycles. The van der Waals surface area contributed by atoms with Gasteiger partial charge in [-0.1, -0.05) is 31.2 Å². The maximum absolute atomic E-state index is 12.9. The number of methoxy groups -OCH3 is 1. The van der Waals surface area contributed by atoms with E-state index in [1.807, 2.05) is 25.1 Å². The number of amides is 3. The van der Waals surface area contributed by atoms with Gasteiger partial charge in [-0.25, -0.2) is 0 Å². The number of hydrogen-bond donors (Lipinski definition) is 3. The van der Waals surface area contributed by atoms with E-state index in [1.54, 1.807) is 61.7 Å². The molecule has 170 valence electrons. The first-order chi connectivity index (χ1) is 15.9. The number of hydrogen-bond acceptors (Lipinski definition) is 5. The van der Waals surface area contributed by atoms with Crippen LogP contribution in [-0.4, -0.2) is 30.1 Å². The largest absolute Gasteiger partial charge is 0.497 e. The van der Waals surface area contributed by atoms with Gasteiger partial charge in [0.05, 0.1) is 23.6 Å². The van der Waals surface area contributed by atoms with Crippen LogP contribution < -0.4 is 21.1 Å². The zero-order chi connectivity index (χ0) is 23.8. The normalized spacial score (nSPS) is 11.3. The van der Waals surface area contributed by atoms with Crippen LogP contribution in [0.4, 0.5) is 11.4 Å². The van der Waals surface area contributed by atoms with Gasteiger partial charge in [0, 0.05) is 16.1 Å². The zero-order valence-corrected chi connectivity index (χ0v) is 19.1. The highest BCUT2D eigenvalue weighted by atomic mass is 32.2. The summed E-state index contributed by atoms with van der Waals surface area (Å²) in [5, 5.41) is 5.26. The molecule has 0 aliphatic carbocycles. The summed E-state index contributed by atoms with van der Waals surface area (Å²) in [4.78, 5) is 37.9. The van der Waals surface area contributed by atoms with E-state index in [1.165, 1.54) is 11.8 Å². The first-order valence-electron chi connectivity index (χ1n) is 10.3. The van der Waals surface area contributed by atoms with Gasteiger partial charge >= 0.3 is 0 Å². The fraction of sp³-hybridized carbons (Fsp3) is 0.160. The van der Waals surface area contributed by atoms with Crippen molar-refractivity contribution in [2.75, 3.05) is 17.7 Å². The second-order valence-corrected chi connectivity index (χ2v) is 8.40. The van der Waals surface area contributed by atoms with Crippen molar-refractivity contribution in [2.45, 2.75) is 23.5 Å². The standard InChI is InChI=1S/C25H25N3O4S/c1-3-22(25(31)28-21-13-5-4-12-20(21)23(26)29)33-19-11-7-9-17(15-19)27-24(30)16-8-6-10-18(14-16)32-2/h4-15,22H,3H2,1-2H3,(H2,26,29)(H,27,30)(H,28,31). The quantitative estimate of drug-likeness (QED) is 0.403. The summed E-state index contributed by atoms with van der Waals surface area (Å²) < 4.78 is 5.17. The molecule has 1 atom stereocenters. The monoisotopic (exact) mass is 463 g/mol. The number of carbonyl (C=O) groups excluding carboxylic acids is 3. The lowest BCUT2D eigenvalue weighted by Crippen LogP contribution is -2.26. The second kappa shape index (κ2) is 11.2. The topological polar surface area (TPSA) is 111 Å². The average molecular weight is 464 g/mol. The van der Waals surface area contributed by atoms with E-state index < -0.39 is 11.2 Å². The average Bonchev–Trinajstić information content (AvgIpc) is 2.83. The number of thioether (sulfide) groups is 1. The van der Waals surface area contributed by atoms with Gasteiger partial charge in [0.1, 0.15) is 5.75 Å². The van der Waals surface area contributed by atoms with E-state index in [0.717, 1.165) is 4.90 Å². The number of rotatable bonds is 9. The minimum Gasteiger partial charge on any atom is -0.497 e. The van der Waals surface area contributed by atoms with Crippen molar-refractivity contribution in [1.29, 1.82) is 0 Å². The number of anilines is 2. The van der Waals surface area contributed by atoms with Crippen LogP contribution in [0.2, 0.25) is 0 Å². The number of para-hydroxylation sites is 1. The van der Waals surface area contributed by atoms with Crippen LogP contribution in [0.25, 0.3) is 0 Å². The predicted molar refractivity (Wildman–Crippen MR) is 131 cm³/mol. The number of nitrogens with one attached hydrogen (secondary N) is 2. The molecule has 3 aromatic rings.